The zero-order valence-corrected chi connectivity index (χ0v) is 16.2. The lowest BCUT2D eigenvalue weighted by Gasteiger charge is -2.12. The molecule has 0 heterocycles. The molecule has 0 fully saturated rings. The summed E-state index contributed by atoms with van der Waals surface area (Å²) >= 11 is 3.30. The number of hydrogen-bond acceptors (Lipinski definition) is 6. The number of ether oxygens (including phenoxy) is 2. The average molecular weight is 437 g/mol. The molecular weight excluding hydrogens is 420 g/mol. The molecule has 0 aliphatic heterocycles. The summed E-state index contributed by atoms with van der Waals surface area (Å²) in [5.41, 5.74) is 0.503. The fourth-order valence-corrected chi connectivity index (χ4v) is 2.62. The van der Waals surface area contributed by atoms with Gasteiger partial charge in [-0.1, -0.05) is 22.9 Å². The number of non-ortho nitro benzene ring substituents is 1. The second-order valence-electron chi connectivity index (χ2n) is 5.40. The molecule has 0 spiro atoms. The molecule has 0 aliphatic rings. The maximum absolute atomic E-state index is 12.2. The smallest absolute Gasteiger partial charge is 0.273 e. The first-order valence-corrected chi connectivity index (χ1v) is 8.72. The third-order valence-corrected chi connectivity index (χ3v) is 4.09. The van der Waals surface area contributed by atoms with Gasteiger partial charge in [0.2, 0.25) is 0 Å². The van der Waals surface area contributed by atoms with E-state index in [1.54, 1.807) is 25.1 Å². The molecule has 142 valence electrons. The number of nitrogens with one attached hydrogen (secondary N) is 1. The second kappa shape index (κ2) is 9.13. The summed E-state index contributed by atoms with van der Waals surface area (Å²) in [6.45, 7) is 1.40. The van der Waals surface area contributed by atoms with Gasteiger partial charge in [-0.2, -0.15) is 0 Å². The molecule has 0 radical (unpaired) electrons. The largest absolute Gasteiger partial charge is 0.494 e. The van der Waals surface area contributed by atoms with Crippen molar-refractivity contribution in [3.05, 3.63) is 56.5 Å². The Labute approximate surface area is 163 Å². The third-order valence-electron chi connectivity index (χ3n) is 3.59. The molecule has 2 rings (SSSR count). The highest BCUT2D eigenvalue weighted by Crippen LogP contribution is 2.29. The number of hydrogen-bond donors (Lipinski definition) is 1. The van der Waals surface area contributed by atoms with Crippen LogP contribution in [0.15, 0.2) is 40.9 Å². The van der Waals surface area contributed by atoms with E-state index in [9.17, 15) is 19.7 Å². The monoisotopic (exact) mass is 436 g/mol. The lowest BCUT2D eigenvalue weighted by Crippen LogP contribution is -2.21. The highest BCUT2D eigenvalue weighted by Gasteiger charge is 2.16. The SMILES string of the molecule is CCC(=O)c1cc(Br)ccc1OCC(=O)Nc1ccc([N+](=O)[O-])cc1OC. The van der Waals surface area contributed by atoms with Crippen LogP contribution in [0.25, 0.3) is 0 Å². The Morgan fingerprint density at radius 3 is 2.56 bits per heavy atom. The quantitative estimate of drug-likeness (QED) is 0.380. The number of nitro groups is 1. The number of carbonyl (C=O) groups is 2. The molecule has 1 amide bonds. The minimum atomic E-state index is -0.558. The number of nitro benzene ring substituents is 1. The summed E-state index contributed by atoms with van der Waals surface area (Å²) in [4.78, 5) is 34.4. The van der Waals surface area contributed by atoms with Crippen LogP contribution in [0.3, 0.4) is 0 Å². The van der Waals surface area contributed by atoms with E-state index < -0.39 is 10.8 Å². The van der Waals surface area contributed by atoms with Crippen molar-refractivity contribution >= 4 is 39.0 Å². The number of methoxy groups -OCH3 is 1. The lowest BCUT2D eigenvalue weighted by molar-refractivity contribution is -0.384. The van der Waals surface area contributed by atoms with E-state index in [0.29, 0.717) is 17.7 Å². The average Bonchev–Trinajstić information content (AvgIpc) is 2.66. The van der Waals surface area contributed by atoms with E-state index >= 15 is 0 Å². The first kappa shape index (κ1) is 20.4. The molecular formula is C18H17BrN2O6. The van der Waals surface area contributed by atoms with Crippen LogP contribution in [0, 0.1) is 10.1 Å². The van der Waals surface area contributed by atoms with Gasteiger partial charge in [0.25, 0.3) is 11.6 Å². The van der Waals surface area contributed by atoms with Gasteiger partial charge >= 0.3 is 0 Å². The van der Waals surface area contributed by atoms with Gasteiger partial charge in [0.05, 0.1) is 29.4 Å². The van der Waals surface area contributed by atoms with Crippen LogP contribution in [0.2, 0.25) is 0 Å². The first-order chi connectivity index (χ1) is 12.8. The molecule has 0 saturated carbocycles. The molecule has 0 unspecified atom stereocenters. The third kappa shape index (κ3) is 5.27. The fourth-order valence-electron chi connectivity index (χ4n) is 2.26. The molecule has 0 atom stereocenters. The maximum Gasteiger partial charge on any atom is 0.273 e. The minimum absolute atomic E-state index is 0.108. The molecule has 2 aromatic carbocycles. The number of anilines is 1. The molecule has 1 N–H and O–H groups in total. The van der Waals surface area contributed by atoms with Gasteiger partial charge in [0.15, 0.2) is 12.4 Å². The van der Waals surface area contributed by atoms with Crippen molar-refractivity contribution in [1.29, 1.82) is 0 Å². The standard InChI is InChI=1S/C18H17BrN2O6/c1-3-15(22)13-8-11(19)4-7-16(13)27-10-18(23)20-14-6-5-12(21(24)25)9-17(14)26-2/h4-9H,3,10H2,1-2H3,(H,20,23). The van der Waals surface area contributed by atoms with Gasteiger partial charge in [0.1, 0.15) is 11.5 Å². The van der Waals surface area contributed by atoms with Gasteiger partial charge in [-0.3, -0.25) is 19.7 Å². The Bertz CT molecular complexity index is 884. The van der Waals surface area contributed by atoms with Crippen LogP contribution in [0.4, 0.5) is 11.4 Å². The summed E-state index contributed by atoms with van der Waals surface area (Å²) in [7, 11) is 1.34. The highest BCUT2D eigenvalue weighted by atomic mass is 79.9. The van der Waals surface area contributed by atoms with Crippen molar-refractivity contribution in [1.82, 2.24) is 0 Å². The van der Waals surface area contributed by atoms with E-state index in [2.05, 4.69) is 21.2 Å². The van der Waals surface area contributed by atoms with E-state index in [0.717, 1.165) is 4.47 Å². The van der Waals surface area contributed by atoms with Crippen molar-refractivity contribution in [2.75, 3.05) is 19.0 Å². The van der Waals surface area contributed by atoms with E-state index in [-0.39, 0.29) is 29.5 Å². The van der Waals surface area contributed by atoms with Crippen molar-refractivity contribution < 1.29 is 24.0 Å². The van der Waals surface area contributed by atoms with Gasteiger partial charge in [0, 0.05) is 17.0 Å². The van der Waals surface area contributed by atoms with Crippen molar-refractivity contribution in [2.45, 2.75) is 13.3 Å². The molecule has 0 saturated heterocycles. The molecule has 2 aromatic rings. The fraction of sp³-hybridized carbons (Fsp3) is 0.222. The molecule has 0 bridgehead atoms. The zero-order chi connectivity index (χ0) is 20.0. The van der Waals surface area contributed by atoms with E-state index in [1.807, 2.05) is 0 Å². The second-order valence-corrected chi connectivity index (χ2v) is 6.31. The molecule has 27 heavy (non-hydrogen) atoms. The van der Waals surface area contributed by atoms with Gasteiger partial charge in [-0.25, -0.2) is 0 Å². The topological polar surface area (TPSA) is 108 Å². The minimum Gasteiger partial charge on any atom is -0.494 e. The number of carbonyl (C=O) groups excluding carboxylic acids is 2. The Morgan fingerprint density at radius 1 is 1.19 bits per heavy atom. The van der Waals surface area contributed by atoms with Crippen LogP contribution >= 0.6 is 15.9 Å². The highest BCUT2D eigenvalue weighted by molar-refractivity contribution is 9.10. The van der Waals surface area contributed by atoms with Crippen molar-refractivity contribution in [3.8, 4) is 11.5 Å². The number of amides is 1. The number of halogens is 1. The number of benzene rings is 2. The van der Waals surface area contributed by atoms with Crippen LogP contribution in [-0.4, -0.2) is 30.3 Å². The Balaban J connectivity index is 2.09. The first-order valence-electron chi connectivity index (χ1n) is 7.93. The predicted octanol–water partition coefficient (Wildman–Crippen LogP) is 3.98. The van der Waals surface area contributed by atoms with Crippen LogP contribution < -0.4 is 14.8 Å². The maximum atomic E-state index is 12.2. The Kier molecular flexibility index (Phi) is 6.89. The van der Waals surface area contributed by atoms with Crippen LogP contribution in [-0.2, 0) is 4.79 Å². The summed E-state index contributed by atoms with van der Waals surface area (Å²) in [5, 5.41) is 13.4. The number of ketones is 1. The van der Waals surface area contributed by atoms with Crippen molar-refractivity contribution in [2.24, 2.45) is 0 Å². The zero-order valence-electron chi connectivity index (χ0n) is 14.7. The van der Waals surface area contributed by atoms with Gasteiger partial charge in [-0.05, 0) is 24.3 Å². The summed E-state index contributed by atoms with van der Waals surface area (Å²) < 4.78 is 11.3. The molecule has 0 aromatic heterocycles. The number of Topliss-reactive ketones (excluding diaryl/α,β-unsaturated/α-hetero) is 1. The normalized spacial score (nSPS) is 10.2. The molecule has 9 heteroatoms. The molecule has 0 aliphatic carbocycles. The van der Waals surface area contributed by atoms with Crippen LogP contribution in [0.5, 0.6) is 11.5 Å². The Hall–Kier alpha value is -2.94. The predicted molar refractivity (Wildman–Crippen MR) is 103 cm³/mol. The Morgan fingerprint density at radius 2 is 1.93 bits per heavy atom. The van der Waals surface area contributed by atoms with Gasteiger partial charge < -0.3 is 14.8 Å². The summed E-state index contributed by atoms with van der Waals surface area (Å²) in [6, 6.07) is 8.79. The van der Waals surface area contributed by atoms with Crippen molar-refractivity contribution in [3.63, 3.8) is 0 Å². The lowest BCUT2D eigenvalue weighted by atomic mass is 10.1. The van der Waals surface area contributed by atoms with Crippen LogP contribution in [0.1, 0.15) is 23.7 Å². The molecule has 8 nitrogen and oxygen atoms in total. The van der Waals surface area contributed by atoms with E-state index in [4.69, 9.17) is 9.47 Å². The number of rotatable bonds is 8. The van der Waals surface area contributed by atoms with E-state index in [1.165, 1.54) is 25.3 Å². The summed E-state index contributed by atoms with van der Waals surface area (Å²) in [5.74, 6) is -0.150. The van der Waals surface area contributed by atoms with Gasteiger partial charge in [-0.15, -0.1) is 0 Å². The number of nitrogens with zero attached hydrogens (tertiary/aromatic N) is 1. The summed E-state index contributed by atoms with van der Waals surface area (Å²) in [6.07, 6.45) is 0.305.